The van der Waals surface area contributed by atoms with Crippen LogP contribution in [0.1, 0.15) is 31.4 Å². The molecule has 0 saturated carbocycles. The number of hydrogen-bond acceptors (Lipinski definition) is 6. The van der Waals surface area contributed by atoms with E-state index in [0.29, 0.717) is 18.4 Å². The lowest BCUT2D eigenvalue weighted by Gasteiger charge is -2.40. The fourth-order valence-corrected chi connectivity index (χ4v) is 3.38. The number of nitro benzene ring substituents is 1. The number of carbonyl (C=O) groups is 1. The molecule has 1 aliphatic rings. The Balaban J connectivity index is 2.42. The highest BCUT2D eigenvalue weighted by Gasteiger charge is 2.36. The van der Waals surface area contributed by atoms with Gasteiger partial charge in [0, 0.05) is 38.6 Å². The van der Waals surface area contributed by atoms with Crippen molar-refractivity contribution in [3.63, 3.8) is 0 Å². The number of hydrogen-bond donors (Lipinski definition) is 1. The fraction of sp³-hybridized carbons (Fsp3) is 0.444. The van der Waals surface area contributed by atoms with E-state index in [-0.39, 0.29) is 23.6 Å². The van der Waals surface area contributed by atoms with Crippen LogP contribution in [0.25, 0.3) is 0 Å². The molecule has 1 aliphatic heterocycles. The predicted molar refractivity (Wildman–Crippen MR) is 93.3 cm³/mol. The van der Waals surface area contributed by atoms with E-state index in [1.165, 1.54) is 12.1 Å². The van der Waals surface area contributed by atoms with Crippen LogP contribution in [0.2, 0.25) is 0 Å². The first-order valence-electron chi connectivity index (χ1n) is 8.16. The van der Waals surface area contributed by atoms with E-state index >= 15 is 0 Å². The van der Waals surface area contributed by atoms with Crippen molar-refractivity contribution in [1.82, 2.24) is 10.2 Å². The number of nitrogens with one attached hydrogen (secondary N) is 1. The van der Waals surface area contributed by atoms with Crippen molar-refractivity contribution >= 4 is 12.0 Å². The summed E-state index contributed by atoms with van der Waals surface area (Å²) in [5.41, 5.74) is 1.62. The highest BCUT2D eigenvalue weighted by Crippen LogP contribution is 2.40. The molecule has 132 valence electrons. The normalized spacial score (nSPS) is 22.7. The minimum atomic E-state index is -0.423. The summed E-state index contributed by atoms with van der Waals surface area (Å²) in [5.74, 6) is 0.758. The summed E-state index contributed by atoms with van der Waals surface area (Å²) in [6.45, 7) is 2.04. The lowest BCUT2D eigenvalue weighted by Crippen LogP contribution is -2.42. The van der Waals surface area contributed by atoms with Crippen molar-refractivity contribution in [2.75, 3.05) is 14.1 Å². The van der Waals surface area contributed by atoms with E-state index in [1.807, 2.05) is 25.9 Å². The van der Waals surface area contributed by atoms with E-state index in [4.69, 9.17) is 0 Å². The zero-order valence-corrected chi connectivity index (χ0v) is 14.6. The Hall–Kier alpha value is -2.88. The lowest BCUT2D eigenvalue weighted by molar-refractivity contribution is -0.384. The summed E-state index contributed by atoms with van der Waals surface area (Å²) in [4.78, 5) is 23.1. The minimum Gasteiger partial charge on any atom is -0.364 e. The van der Waals surface area contributed by atoms with Gasteiger partial charge in [0.05, 0.1) is 22.6 Å². The van der Waals surface area contributed by atoms with Gasteiger partial charge in [-0.2, -0.15) is 5.26 Å². The smallest absolute Gasteiger partial charge is 0.269 e. The highest BCUT2D eigenvalue weighted by molar-refractivity contribution is 5.49. The second kappa shape index (κ2) is 7.79. The maximum Gasteiger partial charge on any atom is 0.269 e. The molecule has 0 aromatic heterocycles. The van der Waals surface area contributed by atoms with Crippen LogP contribution in [0, 0.1) is 33.3 Å². The molecule has 7 heteroatoms. The van der Waals surface area contributed by atoms with E-state index in [9.17, 15) is 20.2 Å². The second-order valence-electron chi connectivity index (χ2n) is 6.45. The van der Waals surface area contributed by atoms with E-state index in [2.05, 4.69) is 11.4 Å². The largest absolute Gasteiger partial charge is 0.364 e. The van der Waals surface area contributed by atoms with Crippen LogP contribution in [0.15, 0.2) is 35.7 Å². The van der Waals surface area contributed by atoms with Crippen LogP contribution in [0.5, 0.6) is 0 Å². The Morgan fingerprint density at radius 1 is 1.36 bits per heavy atom. The van der Waals surface area contributed by atoms with E-state index in [0.717, 1.165) is 17.7 Å². The number of nitro groups is 1. The van der Waals surface area contributed by atoms with Crippen LogP contribution in [-0.4, -0.2) is 30.2 Å². The van der Waals surface area contributed by atoms with Crippen LogP contribution in [0.3, 0.4) is 0 Å². The molecule has 0 amide bonds. The molecule has 3 atom stereocenters. The van der Waals surface area contributed by atoms with Crippen LogP contribution < -0.4 is 5.32 Å². The van der Waals surface area contributed by atoms with Crippen molar-refractivity contribution in [3.05, 3.63) is 51.3 Å². The minimum absolute atomic E-state index is 0.0470. The molecule has 3 unspecified atom stereocenters. The zero-order chi connectivity index (χ0) is 18.6. The Morgan fingerprint density at radius 2 is 2.00 bits per heavy atom. The van der Waals surface area contributed by atoms with Crippen molar-refractivity contribution in [2.45, 2.75) is 25.8 Å². The molecule has 0 spiro atoms. The third-order valence-electron chi connectivity index (χ3n) is 4.70. The molecule has 0 aliphatic carbocycles. The van der Waals surface area contributed by atoms with Crippen molar-refractivity contribution in [1.29, 1.82) is 5.26 Å². The summed E-state index contributed by atoms with van der Waals surface area (Å²) in [6, 6.07) is 8.67. The van der Waals surface area contributed by atoms with Crippen LogP contribution in [0.4, 0.5) is 5.69 Å². The van der Waals surface area contributed by atoms with Gasteiger partial charge in [0.15, 0.2) is 0 Å². The van der Waals surface area contributed by atoms with E-state index in [1.54, 1.807) is 12.1 Å². The molecule has 1 aromatic carbocycles. The Bertz CT molecular complexity index is 719. The standard InChI is InChI=1S/C18H22N4O3/c1-12-15(5-4-10-23)16(11-19)18(21(2)3)20-17(12)13-6-8-14(9-7-13)22(24)25/h6-10,12,15,17,20H,4-5H2,1-3H3. The van der Waals surface area contributed by atoms with Gasteiger partial charge in [-0.3, -0.25) is 10.1 Å². The quantitative estimate of drug-likeness (QED) is 0.485. The van der Waals surface area contributed by atoms with Gasteiger partial charge in [0.2, 0.25) is 0 Å². The maximum absolute atomic E-state index is 10.9. The lowest BCUT2D eigenvalue weighted by atomic mass is 9.75. The van der Waals surface area contributed by atoms with Gasteiger partial charge in [-0.05, 0) is 17.9 Å². The number of nitrogens with zero attached hydrogens (tertiary/aromatic N) is 3. The van der Waals surface area contributed by atoms with Gasteiger partial charge < -0.3 is 15.0 Å². The predicted octanol–water partition coefficient (Wildman–Crippen LogP) is 2.77. The highest BCUT2D eigenvalue weighted by atomic mass is 16.6. The molecule has 1 heterocycles. The van der Waals surface area contributed by atoms with Gasteiger partial charge in [0.1, 0.15) is 12.1 Å². The molecule has 0 radical (unpaired) electrons. The monoisotopic (exact) mass is 342 g/mol. The third-order valence-corrected chi connectivity index (χ3v) is 4.70. The van der Waals surface area contributed by atoms with Crippen molar-refractivity contribution in [3.8, 4) is 6.07 Å². The first-order chi connectivity index (χ1) is 11.9. The van der Waals surface area contributed by atoms with Crippen molar-refractivity contribution in [2.24, 2.45) is 11.8 Å². The van der Waals surface area contributed by atoms with E-state index < -0.39 is 4.92 Å². The number of aldehydes is 1. The molecule has 0 saturated heterocycles. The SMILES string of the molecule is CC1C(CCC=O)C(C#N)=C(N(C)C)NC1c1ccc([N+](=O)[O-])cc1. The number of benzene rings is 1. The van der Waals surface area contributed by atoms with Crippen LogP contribution in [-0.2, 0) is 4.79 Å². The average molecular weight is 342 g/mol. The van der Waals surface area contributed by atoms with Gasteiger partial charge in [0.25, 0.3) is 5.69 Å². The number of carbonyl (C=O) groups excluding carboxylic acids is 1. The average Bonchev–Trinajstić information content (AvgIpc) is 2.60. The number of allylic oxidation sites excluding steroid dienone is 1. The second-order valence-corrected chi connectivity index (χ2v) is 6.45. The Morgan fingerprint density at radius 3 is 2.48 bits per heavy atom. The summed E-state index contributed by atoms with van der Waals surface area (Å²) in [5, 5.41) is 23.9. The van der Waals surface area contributed by atoms with Crippen molar-refractivity contribution < 1.29 is 9.72 Å². The summed E-state index contributed by atoms with van der Waals surface area (Å²) in [6.07, 6.45) is 1.88. The molecule has 1 N–H and O–H groups in total. The maximum atomic E-state index is 10.9. The molecule has 0 fully saturated rings. The molecule has 0 bridgehead atoms. The summed E-state index contributed by atoms with van der Waals surface area (Å²) < 4.78 is 0. The van der Waals surface area contributed by atoms with Crippen LogP contribution >= 0.6 is 0 Å². The zero-order valence-electron chi connectivity index (χ0n) is 14.6. The Labute approximate surface area is 147 Å². The molecule has 1 aromatic rings. The first kappa shape index (κ1) is 18.5. The molecule has 7 nitrogen and oxygen atoms in total. The molecule has 2 rings (SSSR count). The molecule has 25 heavy (non-hydrogen) atoms. The Kier molecular flexibility index (Phi) is 5.75. The fourth-order valence-electron chi connectivity index (χ4n) is 3.38. The number of rotatable bonds is 6. The van der Waals surface area contributed by atoms with Gasteiger partial charge >= 0.3 is 0 Å². The molecular formula is C18H22N4O3. The van der Waals surface area contributed by atoms with Gasteiger partial charge in [-0.1, -0.05) is 19.1 Å². The number of non-ortho nitro benzene ring substituents is 1. The molecular weight excluding hydrogens is 320 g/mol. The summed E-state index contributed by atoms with van der Waals surface area (Å²) in [7, 11) is 3.72. The number of nitriles is 1. The third kappa shape index (κ3) is 3.79. The summed E-state index contributed by atoms with van der Waals surface area (Å²) >= 11 is 0. The van der Waals surface area contributed by atoms with Gasteiger partial charge in [-0.25, -0.2) is 0 Å². The topological polar surface area (TPSA) is 99.3 Å². The van der Waals surface area contributed by atoms with Gasteiger partial charge in [-0.15, -0.1) is 0 Å². The first-order valence-corrected chi connectivity index (χ1v) is 8.16.